The van der Waals surface area contributed by atoms with Crippen molar-refractivity contribution in [3.05, 3.63) is 0 Å². The highest BCUT2D eigenvalue weighted by Crippen LogP contribution is 2.21. The molecule has 0 aromatic rings. The van der Waals surface area contributed by atoms with Gasteiger partial charge in [-0.25, -0.2) is 0 Å². The molecule has 3 nitrogen and oxygen atoms in total. The normalized spacial score (nSPS) is 35.3. The predicted molar refractivity (Wildman–Crippen MR) is 49.6 cm³/mol. The van der Waals surface area contributed by atoms with E-state index in [9.17, 15) is 4.79 Å². The molecule has 1 saturated heterocycles. The lowest BCUT2D eigenvalue weighted by atomic mass is 9.85. The summed E-state index contributed by atoms with van der Waals surface area (Å²) in [6, 6.07) is 0.354. The molecule has 12 heavy (non-hydrogen) atoms. The minimum atomic E-state index is -0.647. The van der Waals surface area contributed by atoms with Gasteiger partial charge in [-0.05, 0) is 25.8 Å². The Bertz CT molecular complexity index is 163. The highest BCUT2D eigenvalue weighted by molar-refractivity contribution is 5.85. The zero-order chi connectivity index (χ0) is 8.43. The molecule has 0 bridgehead atoms. The Morgan fingerprint density at radius 1 is 1.50 bits per heavy atom. The summed E-state index contributed by atoms with van der Waals surface area (Å²) < 4.78 is 0. The summed E-state index contributed by atoms with van der Waals surface area (Å²) >= 11 is 0. The molecule has 1 rings (SSSR count). The molecule has 0 saturated carbocycles. The van der Waals surface area contributed by atoms with Crippen LogP contribution in [0.2, 0.25) is 0 Å². The lowest BCUT2D eigenvalue weighted by Crippen LogP contribution is -2.43. The van der Waals surface area contributed by atoms with Crippen LogP contribution < -0.4 is 5.32 Å². The van der Waals surface area contributed by atoms with E-state index in [2.05, 4.69) is 5.32 Å². The van der Waals surface area contributed by atoms with Crippen LogP contribution in [-0.2, 0) is 4.79 Å². The van der Waals surface area contributed by atoms with Crippen LogP contribution in [0.15, 0.2) is 0 Å². The number of halogens is 1. The maximum Gasteiger partial charge on any atom is 0.306 e. The van der Waals surface area contributed by atoms with Gasteiger partial charge in [0, 0.05) is 6.04 Å². The van der Waals surface area contributed by atoms with Crippen LogP contribution in [0, 0.1) is 11.8 Å². The van der Waals surface area contributed by atoms with Crippen molar-refractivity contribution in [3.63, 3.8) is 0 Å². The van der Waals surface area contributed by atoms with Crippen molar-refractivity contribution in [2.75, 3.05) is 6.54 Å². The van der Waals surface area contributed by atoms with Crippen LogP contribution in [0.4, 0.5) is 0 Å². The first-order valence-corrected chi connectivity index (χ1v) is 4.07. The first-order valence-electron chi connectivity index (χ1n) is 4.07. The fourth-order valence-corrected chi connectivity index (χ4v) is 1.57. The Hall–Kier alpha value is -0.280. The van der Waals surface area contributed by atoms with Gasteiger partial charge in [-0.3, -0.25) is 4.79 Å². The van der Waals surface area contributed by atoms with Gasteiger partial charge in [0.1, 0.15) is 0 Å². The highest BCUT2D eigenvalue weighted by atomic mass is 35.5. The summed E-state index contributed by atoms with van der Waals surface area (Å²) in [4.78, 5) is 10.7. The summed E-state index contributed by atoms with van der Waals surface area (Å²) in [5.74, 6) is -0.527. The van der Waals surface area contributed by atoms with Crippen molar-refractivity contribution in [3.8, 4) is 0 Å². The molecule has 1 aliphatic rings. The third kappa shape index (κ3) is 2.64. The second kappa shape index (κ2) is 4.67. The lowest BCUT2D eigenvalue weighted by molar-refractivity contribution is -0.144. The van der Waals surface area contributed by atoms with Gasteiger partial charge in [-0.15, -0.1) is 12.4 Å². The number of hydrogen-bond acceptors (Lipinski definition) is 2. The number of hydrogen-bond donors (Lipinski definition) is 2. The lowest BCUT2D eigenvalue weighted by Gasteiger charge is -2.30. The molecule has 1 aliphatic heterocycles. The summed E-state index contributed by atoms with van der Waals surface area (Å²) in [6.07, 6.45) is 0.760. The molecule has 3 atom stereocenters. The summed E-state index contributed by atoms with van der Waals surface area (Å²) in [6.45, 7) is 4.84. The molecular weight excluding hydrogens is 178 g/mol. The molecule has 72 valence electrons. The van der Waals surface area contributed by atoms with E-state index in [1.807, 2.05) is 13.8 Å². The van der Waals surface area contributed by atoms with Crippen LogP contribution >= 0.6 is 12.4 Å². The molecule has 4 heteroatoms. The van der Waals surface area contributed by atoms with E-state index in [1.165, 1.54) is 0 Å². The molecule has 1 heterocycles. The number of carboxylic acid groups (broad SMARTS) is 1. The van der Waals surface area contributed by atoms with E-state index in [4.69, 9.17) is 5.11 Å². The first-order chi connectivity index (χ1) is 5.11. The van der Waals surface area contributed by atoms with Gasteiger partial charge in [-0.1, -0.05) is 6.92 Å². The molecule has 0 amide bonds. The summed E-state index contributed by atoms with van der Waals surface area (Å²) in [5, 5.41) is 12.1. The number of rotatable bonds is 1. The minimum absolute atomic E-state index is 0. The SMILES string of the molecule is CC1CC(C(=O)O)C(C)CN1.Cl. The van der Waals surface area contributed by atoms with Crippen LogP contribution in [-0.4, -0.2) is 23.7 Å². The van der Waals surface area contributed by atoms with Crippen molar-refractivity contribution in [1.29, 1.82) is 0 Å². The Balaban J connectivity index is 0.00000121. The summed E-state index contributed by atoms with van der Waals surface area (Å²) in [7, 11) is 0. The van der Waals surface area contributed by atoms with E-state index in [0.717, 1.165) is 13.0 Å². The molecular formula is C8H16ClNO2. The zero-order valence-corrected chi connectivity index (χ0v) is 8.23. The Morgan fingerprint density at radius 2 is 2.08 bits per heavy atom. The van der Waals surface area contributed by atoms with Crippen molar-refractivity contribution in [2.24, 2.45) is 11.8 Å². The molecule has 0 aromatic carbocycles. The molecule has 0 aliphatic carbocycles. The Morgan fingerprint density at radius 3 is 2.50 bits per heavy atom. The number of piperidine rings is 1. The average Bonchev–Trinajstić information content (AvgIpc) is 1.94. The highest BCUT2D eigenvalue weighted by Gasteiger charge is 2.30. The van der Waals surface area contributed by atoms with Crippen molar-refractivity contribution in [1.82, 2.24) is 5.32 Å². The second-order valence-corrected chi connectivity index (χ2v) is 3.47. The smallest absolute Gasteiger partial charge is 0.306 e. The second-order valence-electron chi connectivity index (χ2n) is 3.47. The number of carbonyl (C=O) groups is 1. The quantitative estimate of drug-likeness (QED) is 0.657. The third-order valence-electron chi connectivity index (χ3n) is 2.40. The maximum absolute atomic E-state index is 10.7. The maximum atomic E-state index is 10.7. The molecule has 3 unspecified atom stereocenters. The average molecular weight is 194 g/mol. The van der Waals surface area contributed by atoms with Gasteiger partial charge in [0.2, 0.25) is 0 Å². The van der Waals surface area contributed by atoms with Crippen LogP contribution in [0.5, 0.6) is 0 Å². The zero-order valence-electron chi connectivity index (χ0n) is 7.41. The molecule has 0 aromatic heterocycles. The molecule has 1 fully saturated rings. The van der Waals surface area contributed by atoms with E-state index in [1.54, 1.807) is 0 Å². The van der Waals surface area contributed by atoms with Crippen LogP contribution in [0.1, 0.15) is 20.3 Å². The van der Waals surface area contributed by atoms with Gasteiger partial charge in [0.25, 0.3) is 0 Å². The fraction of sp³-hybridized carbons (Fsp3) is 0.875. The van der Waals surface area contributed by atoms with Gasteiger partial charge in [-0.2, -0.15) is 0 Å². The van der Waals surface area contributed by atoms with Crippen LogP contribution in [0.25, 0.3) is 0 Å². The van der Waals surface area contributed by atoms with E-state index < -0.39 is 5.97 Å². The summed E-state index contributed by atoms with van der Waals surface area (Å²) in [5.41, 5.74) is 0. The largest absolute Gasteiger partial charge is 0.481 e. The number of nitrogens with one attached hydrogen (secondary N) is 1. The molecule has 0 spiro atoms. The van der Waals surface area contributed by atoms with Crippen molar-refractivity contribution >= 4 is 18.4 Å². The fourth-order valence-electron chi connectivity index (χ4n) is 1.57. The number of carboxylic acids is 1. The van der Waals surface area contributed by atoms with Crippen molar-refractivity contribution < 1.29 is 9.90 Å². The number of aliphatic carboxylic acids is 1. The third-order valence-corrected chi connectivity index (χ3v) is 2.40. The minimum Gasteiger partial charge on any atom is -0.481 e. The van der Waals surface area contributed by atoms with E-state index in [-0.39, 0.29) is 24.2 Å². The predicted octanol–water partition coefficient (Wildman–Crippen LogP) is 1.13. The Kier molecular flexibility index (Phi) is 4.57. The van der Waals surface area contributed by atoms with Crippen LogP contribution in [0.3, 0.4) is 0 Å². The standard InChI is InChI=1S/C8H15NO2.ClH/c1-5-4-9-6(2)3-7(5)8(10)11;/h5-7,9H,3-4H2,1-2H3,(H,10,11);1H. The van der Waals surface area contributed by atoms with Gasteiger partial charge >= 0.3 is 5.97 Å². The Labute approximate surface area is 78.9 Å². The van der Waals surface area contributed by atoms with Gasteiger partial charge < -0.3 is 10.4 Å². The molecule has 2 N–H and O–H groups in total. The van der Waals surface area contributed by atoms with Crippen molar-refractivity contribution in [2.45, 2.75) is 26.3 Å². The monoisotopic (exact) mass is 193 g/mol. The first kappa shape index (κ1) is 11.7. The topological polar surface area (TPSA) is 49.3 Å². The van der Waals surface area contributed by atoms with Gasteiger partial charge in [0.05, 0.1) is 5.92 Å². The van der Waals surface area contributed by atoms with Gasteiger partial charge in [0.15, 0.2) is 0 Å². The van der Waals surface area contributed by atoms with E-state index in [0.29, 0.717) is 6.04 Å². The molecule has 0 radical (unpaired) electrons. The van der Waals surface area contributed by atoms with E-state index >= 15 is 0 Å².